The standard InChI is InChI=1S/C12H16N4O3/c1-7(12(13)19)14-10(17)6-16-11(18)5-4-9(15-16)8-2-3-8/h4-5,7-8H,2-3,6H2,1H3,(H2,13,19)(H,14,17)/t7-/m0/s1. The van der Waals surface area contributed by atoms with Gasteiger partial charge in [0.15, 0.2) is 0 Å². The third kappa shape index (κ3) is 3.40. The van der Waals surface area contributed by atoms with Crippen molar-refractivity contribution in [3.8, 4) is 0 Å². The summed E-state index contributed by atoms with van der Waals surface area (Å²) in [7, 11) is 0. The molecule has 7 heteroatoms. The van der Waals surface area contributed by atoms with Crippen LogP contribution in [0.5, 0.6) is 0 Å². The first kappa shape index (κ1) is 13.3. The highest BCUT2D eigenvalue weighted by Crippen LogP contribution is 2.38. The summed E-state index contributed by atoms with van der Waals surface area (Å²) in [5.74, 6) is -0.686. The lowest BCUT2D eigenvalue weighted by molar-refractivity contribution is -0.127. The van der Waals surface area contributed by atoms with Gasteiger partial charge in [0.1, 0.15) is 12.6 Å². The summed E-state index contributed by atoms with van der Waals surface area (Å²) < 4.78 is 1.11. The van der Waals surface area contributed by atoms with E-state index in [-0.39, 0.29) is 12.1 Å². The second-order valence-corrected chi connectivity index (χ2v) is 4.72. The zero-order valence-electron chi connectivity index (χ0n) is 10.6. The summed E-state index contributed by atoms with van der Waals surface area (Å²) in [6, 6.07) is 2.33. The maximum Gasteiger partial charge on any atom is 0.267 e. The van der Waals surface area contributed by atoms with Crippen LogP contribution >= 0.6 is 0 Å². The second-order valence-electron chi connectivity index (χ2n) is 4.72. The van der Waals surface area contributed by atoms with Crippen molar-refractivity contribution >= 4 is 11.8 Å². The van der Waals surface area contributed by atoms with E-state index in [0.717, 1.165) is 23.2 Å². The first-order valence-electron chi connectivity index (χ1n) is 6.14. The number of hydrogen-bond acceptors (Lipinski definition) is 4. The third-order valence-corrected chi connectivity index (χ3v) is 2.98. The van der Waals surface area contributed by atoms with Crippen LogP contribution in [0.25, 0.3) is 0 Å². The van der Waals surface area contributed by atoms with Crippen LogP contribution in [0.1, 0.15) is 31.4 Å². The number of nitrogens with zero attached hydrogens (tertiary/aromatic N) is 2. The van der Waals surface area contributed by atoms with Crippen molar-refractivity contribution in [2.75, 3.05) is 0 Å². The van der Waals surface area contributed by atoms with Crippen LogP contribution in [0.4, 0.5) is 0 Å². The number of rotatable bonds is 5. The third-order valence-electron chi connectivity index (χ3n) is 2.98. The van der Waals surface area contributed by atoms with Crippen molar-refractivity contribution in [3.63, 3.8) is 0 Å². The molecule has 0 aromatic carbocycles. The predicted octanol–water partition coefficient (Wildman–Crippen LogP) is -0.889. The Balaban J connectivity index is 2.05. The fourth-order valence-corrected chi connectivity index (χ4v) is 1.67. The fraction of sp³-hybridized carbons (Fsp3) is 0.500. The molecule has 1 atom stereocenters. The molecular weight excluding hydrogens is 248 g/mol. The Morgan fingerprint density at radius 1 is 1.53 bits per heavy atom. The van der Waals surface area contributed by atoms with Gasteiger partial charge in [0.25, 0.3) is 5.56 Å². The van der Waals surface area contributed by atoms with Crippen molar-refractivity contribution in [2.24, 2.45) is 5.73 Å². The van der Waals surface area contributed by atoms with E-state index in [0.29, 0.717) is 5.92 Å². The maximum absolute atomic E-state index is 11.7. The smallest absolute Gasteiger partial charge is 0.267 e. The topological polar surface area (TPSA) is 107 Å². The average Bonchev–Trinajstić information content (AvgIpc) is 3.15. The average molecular weight is 264 g/mol. The van der Waals surface area contributed by atoms with E-state index in [2.05, 4.69) is 10.4 Å². The van der Waals surface area contributed by atoms with Gasteiger partial charge in [0.2, 0.25) is 11.8 Å². The predicted molar refractivity (Wildman–Crippen MR) is 67.3 cm³/mol. The lowest BCUT2D eigenvalue weighted by Gasteiger charge is -2.11. The minimum atomic E-state index is -0.769. The lowest BCUT2D eigenvalue weighted by atomic mass is 10.3. The molecule has 0 saturated heterocycles. The Hall–Kier alpha value is -2.18. The molecule has 0 aliphatic heterocycles. The number of amides is 2. The van der Waals surface area contributed by atoms with Crippen LogP contribution in [0.3, 0.4) is 0 Å². The number of aromatic nitrogens is 2. The minimum absolute atomic E-state index is 0.211. The van der Waals surface area contributed by atoms with Crippen LogP contribution in [-0.4, -0.2) is 27.6 Å². The number of nitrogens with one attached hydrogen (secondary N) is 1. The summed E-state index contributed by atoms with van der Waals surface area (Å²) in [6.45, 7) is 1.27. The molecular formula is C12H16N4O3. The van der Waals surface area contributed by atoms with Gasteiger partial charge in [-0.2, -0.15) is 5.10 Å². The molecule has 1 aromatic heterocycles. The molecule has 0 radical (unpaired) electrons. The van der Waals surface area contributed by atoms with Crippen LogP contribution in [-0.2, 0) is 16.1 Å². The number of primary amides is 1. The Morgan fingerprint density at radius 3 is 2.79 bits per heavy atom. The van der Waals surface area contributed by atoms with Crippen molar-refractivity contribution in [2.45, 2.75) is 38.3 Å². The van der Waals surface area contributed by atoms with Crippen LogP contribution in [0.15, 0.2) is 16.9 Å². The summed E-state index contributed by atoms with van der Waals surface area (Å²) in [6.07, 6.45) is 2.13. The molecule has 102 valence electrons. The van der Waals surface area contributed by atoms with Crippen molar-refractivity contribution in [3.05, 3.63) is 28.2 Å². The molecule has 1 heterocycles. The van der Waals surface area contributed by atoms with E-state index in [1.165, 1.54) is 13.0 Å². The molecule has 7 nitrogen and oxygen atoms in total. The molecule has 2 rings (SSSR count). The largest absolute Gasteiger partial charge is 0.368 e. The number of nitrogens with two attached hydrogens (primary N) is 1. The van der Waals surface area contributed by atoms with Crippen molar-refractivity contribution in [1.29, 1.82) is 0 Å². The van der Waals surface area contributed by atoms with Crippen LogP contribution in [0, 0.1) is 0 Å². The summed E-state index contributed by atoms with van der Waals surface area (Å²) in [5, 5.41) is 6.56. The van der Waals surface area contributed by atoms with Gasteiger partial charge in [-0.05, 0) is 25.8 Å². The SMILES string of the molecule is C[C@H](NC(=O)Cn1nc(C2CC2)ccc1=O)C(N)=O. The summed E-state index contributed by atoms with van der Waals surface area (Å²) in [4.78, 5) is 34.1. The molecule has 0 unspecified atom stereocenters. The van der Waals surface area contributed by atoms with E-state index in [1.54, 1.807) is 6.07 Å². The molecule has 1 fully saturated rings. The minimum Gasteiger partial charge on any atom is -0.368 e. The summed E-state index contributed by atoms with van der Waals surface area (Å²) in [5.41, 5.74) is 5.53. The highest BCUT2D eigenvalue weighted by Gasteiger charge is 2.25. The Labute approximate surface area is 109 Å². The summed E-state index contributed by atoms with van der Waals surface area (Å²) >= 11 is 0. The molecule has 19 heavy (non-hydrogen) atoms. The van der Waals surface area contributed by atoms with E-state index in [9.17, 15) is 14.4 Å². The van der Waals surface area contributed by atoms with E-state index in [4.69, 9.17) is 5.73 Å². The van der Waals surface area contributed by atoms with Gasteiger partial charge < -0.3 is 11.1 Å². The highest BCUT2D eigenvalue weighted by atomic mass is 16.2. The van der Waals surface area contributed by atoms with Gasteiger partial charge in [-0.25, -0.2) is 4.68 Å². The van der Waals surface area contributed by atoms with E-state index < -0.39 is 17.9 Å². The number of carbonyl (C=O) groups excluding carboxylic acids is 2. The fourth-order valence-electron chi connectivity index (χ4n) is 1.67. The molecule has 1 saturated carbocycles. The lowest BCUT2D eigenvalue weighted by Crippen LogP contribution is -2.44. The molecule has 3 N–H and O–H groups in total. The van der Waals surface area contributed by atoms with E-state index in [1.807, 2.05) is 0 Å². The molecule has 2 amide bonds. The quantitative estimate of drug-likeness (QED) is 0.719. The van der Waals surface area contributed by atoms with Gasteiger partial charge in [0, 0.05) is 12.0 Å². The Morgan fingerprint density at radius 2 is 2.21 bits per heavy atom. The zero-order chi connectivity index (χ0) is 14.0. The molecule has 0 bridgehead atoms. The molecule has 1 aliphatic rings. The van der Waals surface area contributed by atoms with Gasteiger partial charge in [-0.15, -0.1) is 0 Å². The Kier molecular flexibility index (Phi) is 3.64. The van der Waals surface area contributed by atoms with Gasteiger partial charge in [0.05, 0.1) is 5.69 Å². The van der Waals surface area contributed by atoms with Gasteiger partial charge >= 0.3 is 0 Å². The van der Waals surface area contributed by atoms with Crippen LogP contribution in [0.2, 0.25) is 0 Å². The monoisotopic (exact) mass is 264 g/mol. The molecule has 1 aliphatic carbocycles. The van der Waals surface area contributed by atoms with Crippen molar-refractivity contribution in [1.82, 2.24) is 15.1 Å². The van der Waals surface area contributed by atoms with Crippen LogP contribution < -0.4 is 16.6 Å². The first-order valence-corrected chi connectivity index (χ1v) is 6.14. The zero-order valence-corrected chi connectivity index (χ0v) is 10.6. The number of carbonyl (C=O) groups is 2. The van der Waals surface area contributed by atoms with E-state index >= 15 is 0 Å². The second kappa shape index (κ2) is 5.21. The van der Waals surface area contributed by atoms with Crippen molar-refractivity contribution < 1.29 is 9.59 Å². The Bertz CT molecular complexity index is 562. The maximum atomic E-state index is 11.7. The normalized spacial score (nSPS) is 15.8. The number of hydrogen-bond donors (Lipinski definition) is 2. The molecule has 0 spiro atoms. The highest BCUT2D eigenvalue weighted by molar-refractivity contribution is 5.86. The first-order chi connectivity index (χ1) is 8.97. The molecule has 1 aromatic rings. The van der Waals surface area contributed by atoms with Gasteiger partial charge in [-0.1, -0.05) is 0 Å². The van der Waals surface area contributed by atoms with Gasteiger partial charge in [-0.3, -0.25) is 14.4 Å².